The van der Waals surface area contributed by atoms with Crippen LogP contribution < -0.4 is 5.32 Å². The molecule has 1 aromatic rings. The van der Waals surface area contributed by atoms with Crippen molar-refractivity contribution in [3.05, 3.63) is 35.1 Å². The third kappa shape index (κ3) is 2.78. The van der Waals surface area contributed by atoms with Crippen molar-refractivity contribution >= 4 is 5.91 Å². The Morgan fingerprint density at radius 1 is 1.24 bits per heavy atom. The van der Waals surface area contributed by atoms with Crippen LogP contribution in [0.1, 0.15) is 18.4 Å². The quantitative estimate of drug-likeness (QED) is 0.807. The van der Waals surface area contributed by atoms with Gasteiger partial charge < -0.3 is 5.32 Å². The highest BCUT2D eigenvalue weighted by atomic mass is 19.2. The molecule has 2 rings (SSSR count). The average Bonchev–Trinajstić information content (AvgIpc) is 3.13. The number of hydrogen-bond donors (Lipinski definition) is 1. The largest absolute Gasteiger partial charge is 0.356 e. The molecule has 0 saturated heterocycles. The summed E-state index contributed by atoms with van der Waals surface area (Å²) < 4.78 is 38.7. The van der Waals surface area contributed by atoms with Crippen LogP contribution >= 0.6 is 0 Å². The van der Waals surface area contributed by atoms with Crippen LogP contribution in [0.2, 0.25) is 0 Å². The van der Waals surface area contributed by atoms with E-state index in [1.807, 2.05) is 0 Å². The van der Waals surface area contributed by atoms with Gasteiger partial charge in [0, 0.05) is 12.5 Å². The maximum atomic E-state index is 13.2. The van der Waals surface area contributed by atoms with Gasteiger partial charge in [-0.1, -0.05) is 6.07 Å². The van der Waals surface area contributed by atoms with E-state index in [1.54, 1.807) is 0 Å². The van der Waals surface area contributed by atoms with E-state index >= 15 is 0 Å². The molecule has 0 unspecified atom stereocenters. The van der Waals surface area contributed by atoms with Gasteiger partial charge in [0.05, 0.1) is 0 Å². The Labute approximate surface area is 96.8 Å². The number of rotatable bonds is 4. The molecule has 1 aliphatic carbocycles. The topological polar surface area (TPSA) is 29.1 Å². The standard InChI is InChI=1S/C12H12F3NO/c13-9-4-3-7(10(14)11(9)15)5-6-16-12(17)8-1-2-8/h3-4,8H,1-2,5-6H2,(H,16,17). The second-order valence-corrected chi connectivity index (χ2v) is 4.15. The fraction of sp³-hybridized carbons (Fsp3) is 0.417. The Balaban J connectivity index is 1.90. The molecule has 0 aromatic heterocycles. The van der Waals surface area contributed by atoms with E-state index in [-0.39, 0.29) is 30.4 Å². The molecule has 1 N–H and O–H groups in total. The molecule has 0 heterocycles. The van der Waals surface area contributed by atoms with Gasteiger partial charge in [-0.2, -0.15) is 0 Å². The first kappa shape index (κ1) is 12.0. The van der Waals surface area contributed by atoms with E-state index in [0.29, 0.717) is 0 Å². The predicted molar refractivity (Wildman–Crippen MR) is 55.8 cm³/mol. The van der Waals surface area contributed by atoms with Crippen molar-refractivity contribution < 1.29 is 18.0 Å². The van der Waals surface area contributed by atoms with Gasteiger partial charge in [0.15, 0.2) is 17.5 Å². The molecule has 1 saturated carbocycles. The summed E-state index contributed by atoms with van der Waals surface area (Å²) in [6.07, 6.45) is 1.94. The normalized spacial score (nSPS) is 14.8. The van der Waals surface area contributed by atoms with Crippen LogP contribution in [0.3, 0.4) is 0 Å². The van der Waals surface area contributed by atoms with E-state index in [2.05, 4.69) is 5.32 Å². The maximum Gasteiger partial charge on any atom is 0.223 e. The summed E-state index contributed by atoms with van der Waals surface area (Å²) in [6.45, 7) is 0.233. The van der Waals surface area contributed by atoms with Crippen molar-refractivity contribution in [1.29, 1.82) is 0 Å². The van der Waals surface area contributed by atoms with Crippen molar-refractivity contribution in [3.63, 3.8) is 0 Å². The Bertz CT molecular complexity index is 444. The lowest BCUT2D eigenvalue weighted by atomic mass is 10.1. The predicted octanol–water partition coefficient (Wildman–Crippen LogP) is 2.17. The summed E-state index contributed by atoms with van der Waals surface area (Å²) in [5.41, 5.74) is 0.0694. The number of amides is 1. The third-order valence-electron chi connectivity index (χ3n) is 2.76. The molecule has 1 aromatic carbocycles. The van der Waals surface area contributed by atoms with Gasteiger partial charge in [-0.25, -0.2) is 13.2 Å². The summed E-state index contributed by atoms with van der Waals surface area (Å²) in [7, 11) is 0. The van der Waals surface area contributed by atoms with Gasteiger partial charge in [0.1, 0.15) is 0 Å². The second kappa shape index (κ2) is 4.77. The Hall–Kier alpha value is -1.52. The van der Waals surface area contributed by atoms with E-state index in [1.165, 1.54) is 6.07 Å². The van der Waals surface area contributed by atoms with E-state index < -0.39 is 17.5 Å². The number of carbonyl (C=O) groups excluding carboxylic acids is 1. The van der Waals surface area contributed by atoms with Gasteiger partial charge in [-0.15, -0.1) is 0 Å². The molecule has 17 heavy (non-hydrogen) atoms. The van der Waals surface area contributed by atoms with Crippen LogP contribution in [0.4, 0.5) is 13.2 Å². The van der Waals surface area contributed by atoms with Gasteiger partial charge in [0.25, 0.3) is 0 Å². The first-order valence-electron chi connectivity index (χ1n) is 5.49. The zero-order chi connectivity index (χ0) is 12.4. The van der Waals surface area contributed by atoms with Crippen LogP contribution in [0.5, 0.6) is 0 Å². The lowest BCUT2D eigenvalue weighted by molar-refractivity contribution is -0.122. The molecule has 0 atom stereocenters. The van der Waals surface area contributed by atoms with Crippen molar-refractivity contribution in [2.24, 2.45) is 5.92 Å². The van der Waals surface area contributed by atoms with Gasteiger partial charge in [-0.05, 0) is 30.9 Å². The molecular weight excluding hydrogens is 231 g/mol. The van der Waals surface area contributed by atoms with Gasteiger partial charge in [-0.3, -0.25) is 4.79 Å². The number of halogens is 3. The summed E-state index contributed by atoms with van der Waals surface area (Å²) in [6, 6.07) is 2.08. The summed E-state index contributed by atoms with van der Waals surface area (Å²) in [5.74, 6) is -3.80. The van der Waals surface area contributed by atoms with E-state index in [9.17, 15) is 18.0 Å². The summed E-state index contributed by atoms with van der Waals surface area (Å²) in [4.78, 5) is 11.3. The lowest BCUT2D eigenvalue weighted by Gasteiger charge is -2.06. The van der Waals surface area contributed by atoms with Crippen LogP contribution in [0.15, 0.2) is 12.1 Å². The van der Waals surface area contributed by atoms with Crippen LogP contribution in [-0.2, 0) is 11.2 Å². The summed E-state index contributed by atoms with van der Waals surface area (Å²) >= 11 is 0. The Morgan fingerprint density at radius 3 is 2.59 bits per heavy atom. The van der Waals surface area contributed by atoms with E-state index in [0.717, 1.165) is 18.9 Å². The Kier molecular flexibility index (Phi) is 3.36. The van der Waals surface area contributed by atoms with Crippen molar-refractivity contribution in [1.82, 2.24) is 5.32 Å². The molecular formula is C12H12F3NO. The number of benzene rings is 1. The third-order valence-corrected chi connectivity index (χ3v) is 2.76. The summed E-state index contributed by atoms with van der Waals surface area (Å²) in [5, 5.41) is 2.63. The molecule has 1 amide bonds. The Morgan fingerprint density at radius 2 is 1.94 bits per heavy atom. The molecule has 0 radical (unpaired) electrons. The highest BCUT2D eigenvalue weighted by molar-refractivity contribution is 5.80. The second-order valence-electron chi connectivity index (χ2n) is 4.15. The minimum atomic E-state index is -1.46. The average molecular weight is 243 g/mol. The van der Waals surface area contributed by atoms with Crippen molar-refractivity contribution in [2.45, 2.75) is 19.3 Å². The van der Waals surface area contributed by atoms with Gasteiger partial charge >= 0.3 is 0 Å². The first-order chi connectivity index (χ1) is 8.09. The van der Waals surface area contributed by atoms with Gasteiger partial charge in [0.2, 0.25) is 5.91 Å². The molecule has 5 heteroatoms. The first-order valence-corrected chi connectivity index (χ1v) is 5.49. The SMILES string of the molecule is O=C(NCCc1ccc(F)c(F)c1F)C1CC1. The van der Waals surface area contributed by atoms with E-state index in [4.69, 9.17) is 0 Å². The molecule has 1 aliphatic rings. The zero-order valence-electron chi connectivity index (χ0n) is 9.10. The molecule has 0 bridgehead atoms. The van der Waals surface area contributed by atoms with Crippen molar-refractivity contribution in [3.8, 4) is 0 Å². The lowest BCUT2D eigenvalue weighted by Crippen LogP contribution is -2.27. The molecule has 92 valence electrons. The molecule has 1 fully saturated rings. The van der Waals surface area contributed by atoms with Crippen LogP contribution in [-0.4, -0.2) is 12.5 Å². The molecule has 2 nitrogen and oxygen atoms in total. The minimum Gasteiger partial charge on any atom is -0.356 e. The fourth-order valence-electron chi connectivity index (χ4n) is 1.57. The zero-order valence-corrected chi connectivity index (χ0v) is 9.10. The smallest absolute Gasteiger partial charge is 0.223 e. The number of hydrogen-bond acceptors (Lipinski definition) is 1. The van der Waals surface area contributed by atoms with Crippen LogP contribution in [0, 0.1) is 23.4 Å². The number of nitrogens with one attached hydrogen (secondary N) is 1. The minimum absolute atomic E-state index is 0.0482. The molecule has 0 spiro atoms. The maximum absolute atomic E-state index is 13.2. The van der Waals surface area contributed by atoms with Crippen LogP contribution in [0.25, 0.3) is 0 Å². The number of carbonyl (C=O) groups is 1. The highest BCUT2D eigenvalue weighted by Crippen LogP contribution is 2.28. The fourth-order valence-corrected chi connectivity index (χ4v) is 1.57. The molecule has 0 aliphatic heterocycles. The highest BCUT2D eigenvalue weighted by Gasteiger charge is 2.29. The monoisotopic (exact) mass is 243 g/mol. The van der Waals surface area contributed by atoms with Crippen molar-refractivity contribution in [2.75, 3.05) is 6.54 Å².